The van der Waals surface area contributed by atoms with Crippen molar-refractivity contribution in [3.8, 4) is 56.9 Å². The molecule has 0 N–H and O–H groups in total. The average Bonchev–Trinajstić information content (AvgIpc) is 1.51. The molecule has 0 amide bonds. The van der Waals surface area contributed by atoms with Crippen LogP contribution in [0.5, 0.6) is 0 Å². The minimum absolute atomic E-state index is 0.0270. The van der Waals surface area contributed by atoms with Crippen molar-refractivity contribution in [2.24, 2.45) is 47.1 Å². The van der Waals surface area contributed by atoms with Crippen LogP contribution >= 0.6 is 56.7 Å². The monoisotopic (exact) mass is 1740 g/mol. The van der Waals surface area contributed by atoms with Gasteiger partial charge in [-0.3, -0.25) is 0 Å². The number of benzene rings is 10. The molecule has 23 rings (SSSR count). The van der Waals surface area contributed by atoms with Gasteiger partial charge in [-0.2, -0.15) is 0 Å². The molecule has 10 aromatic heterocycles. The van der Waals surface area contributed by atoms with Gasteiger partial charge in [-0.1, -0.05) is 124 Å². The molecule has 0 unspecified atom stereocenters. The molecule has 634 valence electrons. The van der Waals surface area contributed by atoms with Crippen molar-refractivity contribution in [3.05, 3.63) is 237 Å². The van der Waals surface area contributed by atoms with E-state index in [2.05, 4.69) is 342 Å². The van der Waals surface area contributed by atoms with Crippen LogP contribution in [0.4, 0.5) is 0 Å². The van der Waals surface area contributed by atoms with Crippen molar-refractivity contribution >= 4 is 163 Å². The van der Waals surface area contributed by atoms with E-state index in [1.54, 1.807) is 56.7 Å². The normalized spacial score (nSPS) is 14.3. The van der Waals surface area contributed by atoms with Gasteiger partial charge in [-0.25, -0.2) is 70.6 Å². The molecule has 10 heterocycles. The largest absolute Gasteiger partial charge is 0.292 e. The zero-order chi connectivity index (χ0) is 86.2. The maximum atomic E-state index is 4.75. The Labute approximate surface area is 752 Å². The Kier molecular flexibility index (Phi) is 23.2. The van der Waals surface area contributed by atoms with Crippen LogP contribution in [0.25, 0.3) is 163 Å². The Balaban J connectivity index is 0.000000102. The lowest BCUT2D eigenvalue weighted by Gasteiger charge is -2.21. The van der Waals surface area contributed by atoms with Gasteiger partial charge >= 0.3 is 0 Å². The smallest absolute Gasteiger partial charge is 0.244 e. The van der Waals surface area contributed by atoms with Crippen molar-refractivity contribution in [2.75, 3.05) is 0 Å². The van der Waals surface area contributed by atoms with E-state index >= 15 is 0 Å². The molecule has 0 spiro atoms. The standard InChI is InChI=1S/2C22H24N3S.C21H22N3S.2C20H22N3S/c1-15-11-12-19-21(23-14-26-19)20(15)22-24(2)17-9-5-6-10-18(17)25(22)13-16-7-3-4-8-16;1-15-12-13-19-21(23-14-26-19)20(15)22-24(2)17-10-6-7-11-18(17)25(22)16-8-4-3-5-9-16;1-14-11-12-18-20(22-13-25-18)19(14)21-23(2)16-9-5-6-10-17(16)24(21)15-7-3-4-8-15;1-13-10-11-16-18(21-12-24-16)17(13)19-22(5)14-8-6-7-9-15(14)23(19)20(2,3)4;1-13(2)11-23-16-8-6-5-7-15(16)22(4)20(23)18-14(3)9-10-17-19(18)21-12-24-17/h5-6,9-12,14,16H,3-4,7-8,13H2,1-2H3;6-7,10-14,16H,3-5,8-9H2,1-2H3;5-6,9-13,15H,3-4,7-8H2,1-2H3;6-12H,1-5H3;5-10,12-13H,11H2,1-4H3/q5*+1. The summed E-state index contributed by atoms with van der Waals surface area (Å²) in [7, 11) is 10.9. The maximum Gasteiger partial charge on any atom is 0.292 e. The molecule has 0 saturated heterocycles. The topological polar surface area (TPSA) is 108 Å². The number of aromatic nitrogens is 15. The van der Waals surface area contributed by atoms with Crippen LogP contribution < -0.4 is 22.8 Å². The molecule has 0 aliphatic heterocycles. The van der Waals surface area contributed by atoms with E-state index in [-0.39, 0.29) is 5.54 Å². The van der Waals surface area contributed by atoms with Crippen LogP contribution in [0.3, 0.4) is 0 Å². The fourth-order valence-electron chi connectivity index (χ4n) is 20.9. The lowest BCUT2D eigenvalue weighted by molar-refractivity contribution is -0.634. The van der Waals surface area contributed by atoms with Crippen LogP contribution in [0.15, 0.2) is 210 Å². The predicted octanol–water partition coefficient (Wildman–Crippen LogP) is 25.5. The zero-order valence-corrected chi connectivity index (χ0v) is 79.0. The lowest BCUT2D eigenvalue weighted by Crippen LogP contribution is -2.33. The minimum atomic E-state index is -0.0270. The zero-order valence-electron chi connectivity index (χ0n) is 74.9. The molecular weight excluding hydrogens is 1630 g/mol. The first-order valence-corrected chi connectivity index (χ1v) is 49.2. The van der Waals surface area contributed by atoms with E-state index in [0.717, 1.165) is 46.6 Å². The molecule has 20 aromatic rings. The fraction of sp³-hybridized carbons (Fsp3) is 0.333. The van der Waals surface area contributed by atoms with Gasteiger partial charge in [0, 0.05) is 0 Å². The van der Waals surface area contributed by atoms with E-state index < -0.39 is 0 Å². The third-order valence-corrected chi connectivity index (χ3v) is 30.7. The Bertz CT molecular complexity index is 7420. The predicted molar refractivity (Wildman–Crippen MR) is 524 cm³/mol. The number of thiazole rings is 5. The van der Waals surface area contributed by atoms with Crippen LogP contribution in [0, 0.1) is 46.5 Å². The van der Waals surface area contributed by atoms with E-state index in [1.165, 1.54) is 247 Å². The molecule has 0 radical (unpaired) electrons. The second-order valence-corrected chi connectivity index (χ2v) is 40.8. The Hall–Kier alpha value is -11.0. The highest BCUT2D eigenvalue weighted by molar-refractivity contribution is 7.18. The molecular formula is C105H114N15S5+5. The van der Waals surface area contributed by atoms with Crippen molar-refractivity contribution < 1.29 is 22.8 Å². The number of fused-ring (bicyclic) bond motifs is 10. The molecule has 125 heavy (non-hydrogen) atoms. The summed E-state index contributed by atoms with van der Waals surface area (Å²) in [6, 6.07) is 67.0. The number of imidazole rings is 5. The molecule has 3 aliphatic rings. The van der Waals surface area contributed by atoms with Gasteiger partial charge in [-0.05, 0) is 250 Å². The summed E-state index contributed by atoms with van der Waals surface area (Å²) in [4.78, 5) is 23.6. The van der Waals surface area contributed by atoms with Gasteiger partial charge in [-0.15, -0.1) is 56.7 Å². The summed E-state index contributed by atoms with van der Waals surface area (Å²) >= 11 is 8.59. The van der Waals surface area contributed by atoms with Crippen molar-refractivity contribution in [2.45, 2.75) is 183 Å². The van der Waals surface area contributed by atoms with E-state index in [0.29, 0.717) is 18.0 Å². The van der Waals surface area contributed by atoms with Crippen LogP contribution in [0.1, 0.15) is 158 Å². The summed E-state index contributed by atoms with van der Waals surface area (Å²) in [5, 5.41) is 0. The Morgan fingerprint density at radius 3 is 0.952 bits per heavy atom. The minimum Gasteiger partial charge on any atom is -0.244 e. The summed E-state index contributed by atoms with van der Waals surface area (Å²) in [5.41, 5.74) is 41.2. The van der Waals surface area contributed by atoms with Crippen LogP contribution in [-0.4, -0.2) is 47.8 Å². The van der Waals surface area contributed by atoms with Crippen molar-refractivity contribution in [1.82, 2.24) is 47.8 Å². The lowest BCUT2D eigenvalue weighted by atomic mass is 9.94. The number of hydrogen-bond acceptors (Lipinski definition) is 10. The second-order valence-electron chi connectivity index (χ2n) is 36.4. The summed E-state index contributed by atoms with van der Waals surface area (Å²) in [6.07, 6.45) is 17.3. The molecule has 3 aliphatic carbocycles. The summed E-state index contributed by atoms with van der Waals surface area (Å²) in [6.45, 7) is 24.5. The molecule has 3 saturated carbocycles. The Morgan fingerprint density at radius 2 is 0.592 bits per heavy atom. The van der Waals surface area contributed by atoms with Gasteiger partial charge in [0.05, 0.1) is 155 Å². The first-order valence-electron chi connectivity index (χ1n) is 44.8. The molecule has 10 aromatic carbocycles. The quantitative estimate of drug-likeness (QED) is 0.120. The van der Waals surface area contributed by atoms with Gasteiger partial charge in [0.1, 0.15) is 17.6 Å². The molecule has 3 fully saturated rings. The molecule has 0 bridgehead atoms. The van der Waals surface area contributed by atoms with Gasteiger partial charge in [0.2, 0.25) is 0 Å². The van der Waals surface area contributed by atoms with Crippen molar-refractivity contribution in [1.29, 1.82) is 0 Å². The number of para-hydroxylation sites is 10. The summed E-state index contributed by atoms with van der Waals surface area (Å²) < 4.78 is 30.7. The molecule has 20 heteroatoms. The highest BCUT2D eigenvalue weighted by Gasteiger charge is 2.39. The van der Waals surface area contributed by atoms with E-state index in [9.17, 15) is 0 Å². The van der Waals surface area contributed by atoms with E-state index in [4.69, 9.17) is 15.0 Å². The van der Waals surface area contributed by atoms with Crippen molar-refractivity contribution in [3.63, 3.8) is 0 Å². The van der Waals surface area contributed by atoms with E-state index in [1.807, 2.05) is 27.6 Å². The molecule has 15 nitrogen and oxygen atoms in total. The van der Waals surface area contributed by atoms with Gasteiger partial charge < -0.3 is 0 Å². The number of aryl methyl sites for hydroxylation is 10. The number of rotatable bonds is 11. The highest BCUT2D eigenvalue weighted by Crippen LogP contribution is 2.45. The maximum absolute atomic E-state index is 4.75. The number of nitrogens with zero attached hydrogens (tertiary/aromatic N) is 15. The second kappa shape index (κ2) is 34.7. The average molecular weight is 1750 g/mol. The first-order chi connectivity index (χ1) is 60.7. The van der Waals surface area contributed by atoms with Crippen LogP contribution in [-0.2, 0) is 53.9 Å². The highest BCUT2D eigenvalue weighted by atomic mass is 32.1. The third kappa shape index (κ3) is 15.2. The third-order valence-electron chi connectivity index (χ3n) is 26.8. The molecule has 0 atom stereocenters. The SMILES string of the molecule is Cc1ccc2scnc2c1-c1n(C(C)(C)C)c2ccccc2[n+]1C.Cc1ccc2scnc2c1-c1n(C2CCCC2)c2ccccc2[n+]1C.Cc1ccc2scnc2c1-c1n(C2CCCCC2)c2ccccc2[n+]1C.Cc1ccc2scnc2c1-c1n(CC(C)C)c2ccccc2[n+]1C.Cc1ccc2scnc2c1-c1n(CC2CCCC2)c2ccccc2[n+]1C. The van der Waals surface area contributed by atoms with Gasteiger partial charge in [0.15, 0.2) is 55.2 Å². The fourth-order valence-corrected chi connectivity index (χ4v) is 24.3. The summed E-state index contributed by atoms with van der Waals surface area (Å²) in [5.74, 6) is 7.76. The van der Waals surface area contributed by atoms with Crippen LogP contribution in [0.2, 0.25) is 0 Å². The Morgan fingerprint density at radius 1 is 0.320 bits per heavy atom. The first kappa shape index (κ1) is 83.5. The number of hydrogen-bond donors (Lipinski definition) is 0. The van der Waals surface area contributed by atoms with Gasteiger partial charge in [0.25, 0.3) is 29.1 Å².